The number of aliphatic hydroxyl groups excluding tert-OH is 1. The Morgan fingerprint density at radius 3 is 2.67 bits per heavy atom. The second-order valence-corrected chi connectivity index (χ2v) is 4.44. The van der Waals surface area contributed by atoms with E-state index in [4.69, 9.17) is 5.11 Å². The second-order valence-electron chi connectivity index (χ2n) is 4.44. The van der Waals surface area contributed by atoms with Crippen molar-refractivity contribution in [1.29, 1.82) is 0 Å². The van der Waals surface area contributed by atoms with Crippen LogP contribution in [0, 0.1) is 0 Å². The van der Waals surface area contributed by atoms with Gasteiger partial charge in [0, 0.05) is 18.8 Å². The first-order valence-corrected chi connectivity index (χ1v) is 6.80. The Labute approximate surface area is 123 Å². The number of carbonyl (C=O) groups excluding carboxylic acids is 1. The van der Waals surface area contributed by atoms with Crippen LogP contribution in [-0.4, -0.2) is 34.1 Å². The summed E-state index contributed by atoms with van der Waals surface area (Å²) in [6.45, 7) is 2.77. The highest BCUT2D eigenvalue weighted by Crippen LogP contribution is 2.11. The van der Waals surface area contributed by atoms with Gasteiger partial charge in [-0.25, -0.2) is 4.98 Å². The maximum Gasteiger partial charge on any atom is 0.275 e. The van der Waals surface area contributed by atoms with Gasteiger partial charge in [-0.05, 0) is 31.0 Å². The fraction of sp³-hybridized carbons (Fsp3) is 0.267. The molecule has 0 atom stereocenters. The van der Waals surface area contributed by atoms with E-state index in [1.807, 2.05) is 19.1 Å². The summed E-state index contributed by atoms with van der Waals surface area (Å²) in [6, 6.07) is 7.33. The maximum atomic E-state index is 12.1. The maximum absolute atomic E-state index is 12.1. The molecular formula is C15H18N4O2. The predicted octanol–water partition coefficient (Wildman–Crippen LogP) is 1.70. The van der Waals surface area contributed by atoms with Crippen LogP contribution in [0.15, 0.2) is 36.7 Å². The molecule has 2 rings (SSSR count). The van der Waals surface area contributed by atoms with Crippen LogP contribution in [0.3, 0.4) is 0 Å². The first-order valence-electron chi connectivity index (χ1n) is 6.80. The molecule has 0 aliphatic rings. The molecule has 2 aromatic rings. The topological polar surface area (TPSA) is 87.1 Å². The Kier molecular flexibility index (Phi) is 5.22. The fourth-order valence-electron chi connectivity index (χ4n) is 1.82. The van der Waals surface area contributed by atoms with Crippen molar-refractivity contribution in [2.45, 2.75) is 13.3 Å². The first-order chi connectivity index (χ1) is 10.2. The molecular weight excluding hydrogens is 268 g/mol. The largest absolute Gasteiger partial charge is 0.396 e. The van der Waals surface area contributed by atoms with Crippen molar-refractivity contribution in [2.24, 2.45) is 0 Å². The summed E-state index contributed by atoms with van der Waals surface area (Å²) in [5.41, 5.74) is 1.95. The summed E-state index contributed by atoms with van der Waals surface area (Å²) >= 11 is 0. The minimum Gasteiger partial charge on any atom is -0.396 e. The van der Waals surface area contributed by atoms with Crippen molar-refractivity contribution in [2.75, 3.05) is 23.8 Å². The van der Waals surface area contributed by atoms with Gasteiger partial charge in [0.15, 0.2) is 0 Å². The number of aromatic nitrogens is 2. The zero-order valence-corrected chi connectivity index (χ0v) is 11.8. The van der Waals surface area contributed by atoms with Crippen molar-refractivity contribution in [3.8, 4) is 0 Å². The normalized spacial score (nSPS) is 10.2. The summed E-state index contributed by atoms with van der Waals surface area (Å²) in [7, 11) is 0. The summed E-state index contributed by atoms with van der Waals surface area (Å²) in [6.07, 6.45) is 3.60. The molecule has 0 fully saturated rings. The number of benzene rings is 1. The molecule has 6 nitrogen and oxygen atoms in total. The highest BCUT2D eigenvalue weighted by atomic mass is 16.3. The van der Waals surface area contributed by atoms with Gasteiger partial charge in [-0.1, -0.05) is 12.1 Å². The lowest BCUT2D eigenvalue weighted by atomic mass is 10.1. The minimum atomic E-state index is -0.308. The van der Waals surface area contributed by atoms with Gasteiger partial charge in [0.05, 0.1) is 12.4 Å². The fourth-order valence-corrected chi connectivity index (χ4v) is 1.82. The van der Waals surface area contributed by atoms with Crippen molar-refractivity contribution < 1.29 is 9.90 Å². The lowest BCUT2D eigenvalue weighted by molar-refractivity contribution is 0.102. The summed E-state index contributed by atoms with van der Waals surface area (Å²) in [5, 5.41) is 14.6. The zero-order chi connectivity index (χ0) is 15.1. The van der Waals surface area contributed by atoms with Crippen molar-refractivity contribution >= 4 is 17.4 Å². The molecule has 0 bridgehead atoms. The Hall–Kier alpha value is -2.47. The molecule has 0 spiro atoms. The number of nitrogens with one attached hydrogen (secondary N) is 2. The molecule has 0 aliphatic heterocycles. The summed E-state index contributed by atoms with van der Waals surface area (Å²) < 4.78 is 0. The molecule has 0 aliphatic carbocycles. The van der Waals surface area contributed by atoms with Gasteiger partial charge in [-0.15, -0.1) is 0 Å². The van der Waals surface area contributed by atoms with Crippen LogP contribution in [0.1, 0.15) is 23.0 Å². The van der Waals surface area contributed by atoms with Gasteiger partial charge >= 0.3 is 0 Å². The Balaban J connectivity index is 2.05. The van der Waals surface area contributed by atoms with E-state index in [-0.39, 0.29) is 18.2 Å². The lowest BCUT2D eigenvalue weighted by Crippen LogP contribution is -2.15. The number of rotatable bonds is 6. The van der Waals surface area contributed by atoms with Gasteiger partial charge in [0.25, 0.3) is 5.91 Å². The lowest BCUT2D eigenvalue weighted by Gasteiger charge is -2.07. The number of anilines is 2. The quantitative estimate of drug-likeness (QED) is 0.752. The van der Waals surface area contributed by atoms with Gasteiger partial charge < -0.3 is 15.7 Å². The molecule has 3 N–H and O–H groups in total. The monoisotopic (exact) mass is 286 g/mol. The molecule has 0 saturated carbocycles. The van der Waals surface area contributed by atoms with Crippen molar-refractivity contribution in [1.82, 2.24) is 9.97 Å². The number of nitrogens with zero attached hydrogens (tertiary/aromatic N) is 2. The van der Waals surface area contributed by atoms with E-state index < -0.39 is 0 Å². The van der Waals surface area contributed by atoms with Crippen LogP contribution in [0.25, 0.3) is 0 Å². The zero-order valence-electron chi connectivity index (χ0n) is 11.8. The van der Waals surface area contributed by atoms with E-state index in [1.165, 1.54) is 6.20 Å². The number of hydrogen-bond acceptors (Lipinski definition) is 5. The molecule has 21 heavy (non-hydrogen) atoms. The third-order valence-corrected chi connectivity index (χ3v) is 2.84. The summed E-state index contributed by atoms with van der Waals surface area (Å²) in [4.78, 5) is 20.3. The molecule has 110 valence electrons. The Morgan fingerprint density at radius 1 is 1.24 bits per heavy atom. The molecule has 1 aromatic carbocycles. The van der Waals surface area contributed by atoms with Crippen LogP contribution in [0.4, 0.5) is 11.5 Å². The predicted molar refractivity (Wildman–Crippen MR) is 81.4 cm³/mol. The van der Waals surface area contributed by atoms with Gasteiger partial charge in [0.2, 0.25) is 0 Å². The van der Waals surface area contributed by atoms with Crippen molar-refractivity contribution in [3.63, 3.8) is 0 Å². The molecule has 0 unspecified atom stereocenters. The van der Waals surface area contributed by atoms with Gasteiger partial charge in [-0.3, -0.25) is 9.78 Å². The average molecular weight is 286 g/mol. The molecule has 0 saturated heterocycles. The van der Waals surface area contributed by atoms with Gasteiger partial charge in [0.1, 0.15) is 11.5 Å². The second kappa shape index (κ2) is 7.35. The highest BCUT2D eigenvalue weighted by molar-refractivity contribution is 6.02. The molecule has 1 amide bonds. The highest BCUT2D eigenvalue weighted by Gasteiger charge is 2.09. The average Bonchev–Trinajstić information content (AvgIpc) is 2.50. The van der Waals surface area contributed by atoms with Crippen LogP contribution >= 0.6 is 0 Å². The third-order valence-electron chi connectivity index (χ3n) is 2.84. The molecule has 6 heteroatoms. The standard InChI is InChI=1S/C15H18N4O2/c1-2-17-14-10-16-9-13(19-14)15(21)18-12-5-3-11(4-6-12)7-8-20/h3-6,9-10,20H,2,7-8H2,1H3,(H,17,19)(H,18,21). The van der Waals surface area contributed by atoms with Crippen LogP contribution in [0.5, 0.6) is 0 Å². The molecule has 0 radical (unpaired) electrons. The SMILES string of the molecule is CCNc1cncc(C(=O)Nc2ccc(CCO)cc2)n1. The smallest absolute Gasteiger partial charge is 0.275 e. The first kappa shape index (κ1) is 14.9. The molecule has 1 heterocycles. The summed E-state index contributed by atoms with van der Waals surface area (Å²) in [5.74, 6) is 0.264. The van der Waals surface area contributed by atoms with Crippen molar-refractivity contribution in [3.05, 3.63) is 47.9 Å². The number of carbonyl (C=O) groups is 1. The third kappa shape index (κ3) is 4.25. The van der Waals surface area contributed by atoms with E-state index in [9.17, 15) is 4.79 Å². The van der Waals surface area contributed by atoms with E-state index in [0.29, 0.717) is 24.5 Å². The van der Waals surface area contributed by atoms with Crippen LogP contribution < -0.4 is 10.6 Å². The van der Waals surface area contributed by atoms with Crippen LogP contribution in [0.2, 0.25) is 0 Å². The van der Waals surface area contributed by atoms with E-state index >= 15 is 0 Å². The number of amides is 1. The minimum absolute atomic E-state index is 0.110. The number of hydrogen-bond donors (Lipinski definition) is 3. The van der Waals surface area contributed by atoms with E-state index in [2.05, 4.69) is 20.6 Å². The van der Waals surface area contributed by atoms with E-state index in [0.717, 1.165) is 5.56 Å². The Morgan fingerprint density at radius 2 is 2.00 bits per heavy atom. The Bertz CT molecular complexity index is 599. The van der Waals surface area contributed by atoms with E-state index in [1.54, 1.807) is 18.3 Å². The van der Waals surface area contributed by atoms with Crippen LogP contribution in [-0.2, 0) is 6.42 Å². The molecule has 1 aromatic heterocycles. The number of aliphatic hydroxyl groups is 1. The van der Waals surface area contributed by atoms with Gasteiger partial charge in [-0.2, -0.15) is 0 Å².